The van der Waals surface area contributed by atoms with Gasteiger partial charge in [-0.05, 0) is 56.9 Å². The van der Waals surface area contributed by atoms with Crippen molar-refractivity contribution in [2.45, 2.75) is 63.5 Å². The summed E-state index contributed by atoms with van der Waals surface area (Å²) in [6.45, 7) is 3.16. The number of hydrogen-bond donors (Lipinski definition) is 1. The highest BCUT2D eigenvalue weighted by Gasteiger charge is 2.53. The zero-order valence-electron chi connectivity index (χ0n) is 19.2. The molecule has 33 heavy (non-hydrogen) atoms. The molecule has 3 aliphatic rings. The Hall–Kier alpha value is -3.22. The maximum Gasteiger partial charge on any atom is 0.328 e. The third-order valence-electron chi connectivity index (χ3n) is 7.26. The minimum absolute atomic E-state index is 0.0424. The molecule has 3 fully saturated rings. The number of nitrogens with one attached hydrogen (secondary N) is 1. The van der Waals surface area contributed by atoms with Crippen LogP contribution in [0.4, 0.5) is 10.5 Å². The first-order valence-electron chi connectivity index (χ1n) is 12.0. The van der Waals surface area contributed by atoms with E-state index in [1.54, 1.807) is 12.4 Å². The highest BCUT2D eigenvalue weighted by Crippen LogP contribution is 2.38. The summed E-state index contributed by atoms with van der Waals surface area (Å²) >= 11 is 0. The average Bonchev–Trinajstić information content (AvgIpc) is 3.11. The number of likely N-dealkylation sites (tertiary alicyclic amines) is 1. The van der Waals surface area contributed by atoms with Crippen molar-refractivity contribution in [3.8, 4) is 0 Å². The number of anilines is 1. The molecule has 3 amide bonds. The van der Waals surface area contributed by atoms with Gasteiger partial charge in [-0.2, -0.15) is 0 Å². The molecule has 7 heteroatoms. The van der Waals surface area contributed by atoms with Gasteiger partial charge in [0, 0.05) is 24.8 Å². The molecule has 3 heterocycles. The lowest BCUT2D eigenvalue weighted by molar-refractivity contribution is 0.0700. The minimum atomic E-state index is -0.568. The van der Waals surface area contributed by atoms with E-state index in [4.69, 9.17) is 4.99 Å². The topological polar surface area (TPSA) is 77.9 Å². The molecular weight excluding hydrogens is 414 g/mol. The molecule has 1 spiro atoms. The number of carbonyl (C=O) groups excluding carboxylic acids is 2. The number of aryl methyl sites for hydroxylation is 1. The lowest BCUT2D eigenvalue weighted by atomic mass is 9.84. The molecule has 2 aromatic rings. The minimum Gasteiger partial charge on any atom is -0.338 e. The van der Waals surface area contributed by atoms with E-state index in [1.165, 1.54) is 19.3 Å². The van der Waals surface area contributed by atoms with Crippen molar-refractivity contribution < 1.29 is 9.59 Å². The van der Waals surface area contributed by atoms with Crippen molar-refractivity contribution >= 4 is 23.5 Å². The summed E-state index contributed by atoms with van der Waals surface area (Å²) in [5.74, 6) is 0.812. The molecule has 1 aromatic heterocycles. The van der Waals surface area contributed by atoms with Crippen LogP contribution in [0, 0.1) is 6.92 Å². The van der Waals surface area contributed by atoms with Crippen molar-refractivity contribution in [2.75, 3.05) is 18.0 Å². The molecule has 0 bridgehead atoms. The summed E-state index contributed by atoms with van der Waals surface area (Å²) in [7, 11) is 0. The normalized spacial score (nSPS) is 22.1. The van der Waals surface area contributed by atoms with Crippen molar-refractivity contribution in [1.29, 1.82) is 0 Å². The summed E-state index contributed by atoms with van der Waals surface area (Å²) in [4.78, 5) is 39.4. The molecule has 5 rings (SSSR count). The lowest BCUT2D eigenvalue weighted by Crippen LogP contribution is -2.58. The molecule has 0 radical (unpaired) electrons. The molecule has 1 saturated carbocycles. The highest BCUT2D eigenvalue weighted by atomic mass is 16.2. The van der Waals surface area contributed by atoms with Gasteiger partial charge >= 0.3 is 6.03 Å². The number of aliphatic imine (C=N–C) groups is 1. The maximum atomic E-state index is 13.2. The number of aromatic nitrogens is 1. The number of pyridine rings is 1. The number of urea groups is 1. The molecule has 1 aromatic carbocycles. The van der Waals surface area contributed by atoms with Gasteiger partial charge < -0.3 is 4.90 Å². The van der Waals surface area contributed by atoms with Crippen LogP contribution in [-0.2, 0) is 0 Å². The number of rotatable bonds is 3. The summed E-state index contributed by atoms with van der Waals surface area (Å²) in [5, 5.41) is 3.10. The fourth-order valence-corrected chi connectivity index (χ4v) is 5.39. The van der Waals surface area contributed by atoms with Gasteiger partial charge in [0.2, 0.25) is 0 Å². The summed E-state index contributed by atoms with van der Waals surface area (Å²) in [6.07, 6.45) is 10.5. The van der Waals surface area contributed by atoms with Crippen molar-refractivity contribution in [2.24, 2.45) is 4.99 Å². The van der Waals surface area contributed by atoms with E-state index in [2.05, 4.69) is 10.3 Å². The Bertz CT molecular complexity index is 1040. The quantitative estimate of drug-likeness (QED) is 0.764. The standard InChI is InChI=1S/C26H31N5O2/c1-19-9-11-20(12-10-19)23(32)30-16-13-26(14-17-30)24(28-21-6-3-2-4-7-21)29-25(33)31(26)22-8-5-15-27-18-22/h5,8-12,15,18,21H,2-4,6-7,13-14,16-17H2,1H3,(H,28,29,33). The molecule has 7 nitrogen and oxygen atoms in total. The van der Waals surface area contributed by atoms with E-state index in [0.29, 0.717) is 31.5 Å². The van der Waals surface area contributed by atoms with Gasteiger partial charge in [0.15, 0.2) is 0 Å². The molecular formula is C26H31N5O2. The number of nitrogens with zero attached hydrogens (tertiary/aromatic N) is 4. The average molecular weight is 446 g/mol. The first kappa shape index (κ1) is 21.6. The first-order chi connectivity index (χ1) is 16.1. The summed E-state index contributed by atoms with van der Waals surface area (Å²) in [5.41, 5.74) is 2.04. The molecule has 1 aliphatic carbocycles. The molecule has 0 atom stereocenters. The summed E-state index contributed by atoms with van der Waals surface area (Å²) in [6, 6.07) is 11.6. The Morgan fingerprint density at radius 2 is 1.82 bits per heavy atom. The SMILES string of the molecule is Cc1ccc(C(=O)N2CCC3(CC2)C(=NC2CCCCC2)NC(=O)N3c2cccnc2)cc1. The zero-order valence-corrected chi connectivity index (χ0v) is 19.2. The highest BCUT2D eigenvalue weighted by molar-refractivity contribution is 6.19. The van der Waals surface area contributed by atoms with E-state index in [-0.39, 0.29) is 18.0 Å². The van der Waals surface area contributed by atoms with Crippen molar-refractivity contribution in [3.05, 3.63) is 59.9 Å². The van der Waals surface area contributed by atoms with Crippen LogP contribution in [-0.4, -0.2) is 52.3 Å². The lowest BCUT2D eigenvalue weighted by Gasteiger charge is -2.43. The fourth-order valence-electron chi connectivity index (χ4n) is 5.39. The molecule has 172 valence electrons. The van der Waals surface area contributed by atoms with Gasteiger partial charge in [0.1, 0.15) is 11.4 Å². The molecule has 2 saturated heterocycles. The van der Waals surface area contributed by atoms with Crippen LogP contribution in [0.1, 0.15) is 60.9 Å². The van der Waals surface area contributed by atoms with Crippen LogP contribution in [0.5, 0.6) is 0 Å². The monoisotopic (exact) mass is 445 g/mol. The van der Waals surface area contributed by atoms with Crippen LogP contribution >= 0.6 is 0 Å². The second-order valence-electron chi connectivity index (χ2n) is 9.44. The zero-order chi connectivity index (χ0) is 22.8. The number of piperidine rings is 1. The van der Waals surface area contributed by atoms with Gasteiger partial charge in [-0.15, -0.1) is 0 Å². The third kappa shape index (κ3) is 4.12. The van der Waals surface area contributed by atoms with E-state index >= 15 is 0 Å². The Morgan fingerprint density at radius 1 is 1.09 bits per heavy atom. The Morgan fingerprint density at radius 3 is 2.48 bits per heavy atom. The van der Waals surface area contributed by atoms with Crippen molar-refractivity contribution in [1.82, 2.24) is 15.2 Å². The van der Waals surface area contributed by atoms with Crippen LogP contribution < -0.4 is 10.2 Å². The largest absolute Gasteiger partial charge is 0.338 e. The molecule has 2 aliphatic heterocycles. The Balaban J connectivity index is 1.43. The number of hydrogen-bond acceptors (Lipinski definition) is 4. The Kier molecular flexibility index (Phi) is 5.87. The van der Waals surface area contributed by atoms with E-state index < -0.39 is 5.54 Å². The van der Waals surface area contributed by atoms with Gasteiger partial charge in [0.05, 0.1) is 17.9 Å². The van der Waals surface area contributed by atoms with E-state index in [9.17, 15) is 9.59 Å². The second kappa shape index (κ2) is 8.96. The van der Waals surface area contributed by atoms with Gasteiger partial charge in [0.25, 0.3) is 5.91 Å². The van der Waals surface area contributed by atoms with Gasteiger partial charge in [-0.1, -0.05) is 37.0 Å². The number of amides is 3. The van der Waals surface area contributed by atoms with Crippen molar-refractivity contribution in [3.63, 3.8) is 0 Å². The van der Waals surface area contributed by atoms with Crippen LogP contribution in [0.3, 0.4) is 0 Å². The number of benzene rings is 1. The second-order valence-corrected chi connectivity index (χ2v) is 9.44. The fraction of sp³-hybridized carbons (Fsp3) is 0.462. The number of amidine groups is 1. The predicted molar refractivity (Wildman–Crippen MR) is 129 cm³/mol. The van der Waals surface area contributed by atoms with Crippen LogP contribution in [0.2, 0.25) is 0 Å². The van der Waals surface area contributed by atoms with E-state index in [0.717, 1.165) is 29.9 Å². The first-order valence-corrected chi connectivity index (χ1v) is 12.0. The number of carbonyl (C=O) groups is 2. The van der Waals surface area contributed by atoms with E-state index in [1.807, 2.05) is 53.1 Å². The van der Waals surface area contributed by atoms with Gasteiger partial charge in [-0.25, -0.2) is 4.79 Å². The molecule has 0 unspecified atom stereocenters. The maximum absolute atomic E-state index is 13.2. The predicted octanol–water partition coefficient (Wildman–Crippen LogP) is 4.33. The summed E-state index contributed by atoms with van der Waals surface area (Å²) < 4.78 is 0. The Labute approximate surface area is 194 Å². The van der Waals surface area contributed by atoms with Crippen LogP contribution in [0.15, 0.2) is 53.8 Å². The smallest absolute Gasteiger partial charge is 0.328 e. The van der Waals surface area contributed by atoms with Gasteiger partial charge in [-0.3, -0.25) is 25.0 Å². The third-order valence-corrected chi connectivity index (χ3v) is 7.26. The van der Waals surface area contributed by atoms with Crippen LogP contribution in [0.25, 0.3) is 0 Å². The molecule has 1 N–H and O–H groups in total.